The lowest BCUT2D eigenvalue weighted by Crippen LogP contribution is -2.38. The molecule has 10 heteroatoms. The number of nitrogens with one attached hydrogen (secondary N) is 1. The van der Waals surface area contributed by atoms with Crippen LogP contribution in [0.15, 0.2) is 54.6 Å². The van der Waals surface area contributed by atoms with Gasteiger partial charge in [-0.05, 0) is 11.6 Å². The van der Waals surface area contributed by atoms with Crippen molar-refractivity contribution in [2.45, 2.75) is 31.0 Å². The summed E-state index contributed by atoms with van der Waals surface area (Å²) in [5.74, 6) is -0.716. The molecule has 4 rings (SSSR count). The second-order valence-corrected chi connectivity index (χ2v) is 7.13. The lowest BCUT2D eigenvalue weighted by molar-refractivity contribution is -0.384. The van der Waals surface area contributed by atoms with Gasteiger partial charge in [-0.3, -0.25) is 10.1 Å². The van der Waals surface area contributed by atoms with E-state index in [0.29, 0.717) is 6.54 Å². The number of carbonyl (C=O) groups is 2. The van der Waals surface area contributed by atoms with Crippen molar-refractivity contribution in [2.75, 3.05) is 13.2 Å². The summed E-state index contributed by atoms with van der Waals surface area (Å²) in [6.07, 6.45) is -3.10. The molecule has 0 aliphatic carbocycles. The van der Waals surface area contributed by atoms with E-state index in [1.807, 2.05) is 30.3 Å². The van der Waals surface area contributed by atoms with Gasteiger partial charge in [0.25, 0.3) is 5.69 Å². The third-order valence-corrected chi connectivity index (χ3v) is 5.05. The molecule has 0 bridgehead atoms. The van der Waals surface area contributed by atoms with Gasteiger partial charge in [0, 0.05) is 18.7 Å². The molecule has 10 nitrogen and oxygen atoms in total. The number of nitro benzene ring substituents is 1. The Balaban J connectivity index is 1.29. The SMILES string of the molecule is O=C(NCc1ccccc1)O[C@H]1CO[C@H]2[C@@H]1OC[C@H]2OC(=O)c1cccc([N+](=O)[O-])c1. The van der Waals surface area contributed by atoms with Crippen molar-refractivity contribution in [2.24, 2.45) is 0 Å². The van der Waals surface area contributed by atoms with Gasteiger partial charge < -0.3 is 24.3 Å². The summed E-state index contributed by atoms with van der Waals surface area (Å²) >= 11 is 0. The van der Waals surface area contributed by atoms with Crippen LogP contribution in [0.4, 0.5) is 10.5 Å². The van der Waals surface area contributed by atoms with Gasteiger partial charge in [0.05, 0.1) is 23.7 Å². The number of nitro groups is 1. The minimum atomic E-state index is -0.716. The molecule has 0 unspecified atom stereocenters. The van der Waals surface area contributed by atoms with Gasteiger partial charge in [0.1, 0.15) is 12.2 Å². The highest BCUT2D eigenvalue weighted by atomic mass is 16.7. The zero-order chi connectivity index (χ0) is 21.8. The largest absolute Gasteiger partial charge is 0.453 e. The summed E-state index contributed by atoms with van der Waals surface area (Å²) in [7, 11) is 0. The molecule has 2 saturated heterocycles. The van der Waals surface area contributed by atoms with Crippen molar-refractivity contribution in [3.05, 3.63) is 75.8 Å². The molecule has 2 fully saturated rings. The number of esters is 1. The summed E-state index contributed by atoms with van der Waals surface area (Å²) in [6, 6.07) is 14.7. The maximum Gasteiger partial charge on any atom is 0.407 e. The van der Waals surface area contributed by atoms with Crippen LogP contribution in [-0.2, 0) is 25.5 Å². The van der Waals surface area contributed by atoms with Crippen LogP contribution in [-0.4, -0.2) is 54.6 Å². The molecule has 162 valence electrons. The number of carbonyl (C=O) groups excluding carboxylic acids is 2. The van der Waals surface area contributed by atoms with Gasteiger partial charge in [0.2, 0.25) is 0 Å². The lowest BCUT2D eigenvalue weighted by atomic mass is 10.1. The van der Waals surface area contributed by atoms with Gasteiger partial charge in [-0.15, -0.1) is 0 Å². The Morgan fingerprint density at radius 1 is 1.00 bits per heavy atom. The van der Waals surface area contributed by atoms with Crippen LogP contribution in [0, 0.1) is 10.1 Å². The lowest BCUT2D eigenvalue weighted by Gasteiger charge is -2.17. The van der Waals surface area contributed by atoms with E-state index >= 15 is 0 Å². The van der Waals surface area contributed by atoms with E-state index in [0.717, 1.165) is 11.6 Å². The van der Waals surface area contributed by atoms with Crippen LogP contribution >= 0.6 is 0 Å². The average Bonchev–Trinajstić information content (AvgIpc) is 3.36. The number of hydrogen-bond donors (Lipinski definition) is 1. The second-order valence-electron chi connectivity index (χ2n) is 7.13. The number of non-ortho nitro benzene ring substituents is 1. The highest BCUT2D eigenvalue weighted by Crippen LogP contribution is 2.31. The molecule has 1 N–H and O–H groups in total. The molecule has 2 heterocycles. The molecular formula is C21H20N2O8. The number of fused-ring (bicyclic) bond motifs is 1. The molecule has 31 heavy (non-hydrogen) atoms. The summed E-state index contributed by atoms with van der Waals surface area (Å²) in [4.78, 5) is 34.8. The molecule has 0 spiro atoms. The zero-order valence-corrected chi connectivity index (χ0v) is 16.3. The quantitative estimate of drug-likeness (QED) is 0.422. The highest BCUT2D eigenvalue weighted by Gasteiger charge is 2.51. The molecule has 0 saturated carbocycles. The Kier molecular flexibility index (Phi) is 6.10. The number of ether oxygens (including phenoxy) is 4. The molecule has 2 aliphatic heterocycles. The van der Waals surface area contributed by atoms with Crippen molar-refractivity contribution in [1.82, 2.24) is 5.32 Å². The number of benzene rings is 2. The first-order valence-electron chi connectivity index (χ1n) is 9.68. The second kappa shape index (κ2) is 9.11. The predicted molar refractivity (Wildman–Crippen MR) is 105 cm³/mol. The van der Waals surface area contributed by atoms with Crippen LogP contribution < -0.4 is 5.32 Å². The molecule has 0 aromatic heterocycles. The van der Waals surface area contributed by atoms with E-state index in [9.17, 15) is 19.7 Å². The fourth-order valence-corrected chi connectivity index (χ4v) is 3.53. The van der Waals surface area contributed by atoms with E-state index in [-0.39, 0.29) is 24.5 Å². The first-order chi connectivity index (χ1) is 15.0. The van der Waals surface area contributed by atoms with E-state index in [1.54, 1.807) is 0 Å². The Bertz CT molecular complexity index is 967. The Morgan fingerprint density at radius 3 is 2.35 bits per heavy atom. The van der Waals surface area contributed by atoms with Gasteiger partial charge >= 0.3 is 12.1 Å². The topological polar surface area (TPSA) is 126 Å². The molecule has 2 aromatic rings. The number of nitrogens with zero attached hydrogens (tertiary/aromatic N) is 1. The van der Waals surface area contributed by atoms with Crippen molar-refractivity contribution in [3.63, 3.8) is 0 Å². The number of hydrogen-bond acceptors (Lipinski definition) is 8. The molecule has 0 radical (unpaired) electrons. The fraction of sp³-hybridized carbons (Fsp3) is 0.333. The number of alkyl carbamates (subject to hydrolysis) is 1. The van der Waals surface area contributed by atoms with Crippen molar-refractivity contribution in [3.8, 4) is 0 Å². The van der Waals surface area contributed by atoms with E-state index in [4.69, 9.17) is 18.9 Å². The normalized spacial score (nSPS) is 24.3. The number of amides is 1. The highest BCUT2D eigenvalue weighted by molar-refractivity contribution is 5.90. The van der Waals surface area contributed by atoms with E-state index in [1.165, 1.54) is 18.2 Å². The minimum Gasteiger partial charge on any atom is -0.453 e. The third-order valence-electron chi connectivity index (χ3n) is 5.05. The standard InChI is InChI=1S/C21H20N2O8/c24-20(14-7-4-8-15(9-14)23(26)27)30-16-11-28-19-17(12-29-18(16)19)31-21(25)22-10-13-5-2-1-3-6-13/h1-9,16-19H,10-12H2,(H,22,25)/t16-,17+,18-,19-/m1/s1. The first kappa shape index (κ1) is 20.8. The Hall–Kier alpha value is -3.50. The van der Waals surface area contributed by atoms with Gasteiger partial charge in [-0.1, -0.05) is 36.4 Å². The van der Waals surface area contributed by atoms with Gasteiger partial charge in [-0.2, -0.15) is 0 Å². The molecule has 1 amide bonds. The van der Waals surface area contributed by atoms with Crippen LogP contribution in [0.5, 0.6) is 0 Å². The Morgan fingerprint density at radius 2 is 1.68 bits per heavy atom. The summed E-state index contributed by atoms with van der Waals surface area (Å²) in [6.45, 7) is 0.506. The summed E-state index contributed by atoms with van der Waals surface area (Å²) < 4.78 is 22.1. The fourth-order valence-electron chi connectivity index (χ4n) is 3.53. The average molecular weight is 428 g/mol. The molecule has 4 atom stereocenters. The number of rotatable bonds is 6. The third kappa shape index (κ3) is 4.81. The van der Waals surface area contributed by atoms with Crippen molar-refractivity contribution in [1.29, 1.82) is 0 Å². The monoisotopic (exact) mass is 428 g/mol. The minimum absolute atomic E-state index is 0.0590. The van der Waals surface area contributed by atoms with Crippen LogP contribution in [0.2, 0.25) is 0 Å². The smallest absolute Gasteiger partial charge is 0.407 e. The Labute approximate surface area is 177 Å². The maximum atomic E-state index is 12.4. The van der Waals surface area contributed by atoms with Crippen LogP contribution in [0.1, 0.15) is 15.9 Å². The molecule has 2 aromatic carbocycles. The van der Waals surface area contributed by atoms with E-state index < -0.39 is 41.4 Å². The zero-order valence-electron chi connectivity index (χ0n) is 16.3. The van der Waals surface area contributed by atoms with Crippen LogP contribution in [0.25, 0.3) is 0 Å². The summed E-state index contributed by atoms with van der Waals surface area (Å²) in [5.41, 5.74) is 0.788. The molecule has 2 aliphatic rings. The van der Waals surface area contributed by atoms with Crippen molar-refractivity contribution >= 4 is 17.7 Å². The van der Waals surface area contributed by atoms with Crippen molar-refractivity contribution < 1.29 is 33.5 Å². The predicted octanol–water partition coefficient (Wildman–Crippen LogP) is 2.21. The first-order valence-corrected chi connectivity index (χ1v) is 9.68. The van der Waals surface area contributed by atoms with Gasteiger partial charge in [-0.25, -0.2) is 9.59 Å². The molecular weight excluding hydrogens is 408 g/mol. The maximum absolute atomic E-state index is 12.4. The summed E-state index contributed by atoms with van der Waals surface area (Å²) in [5, 5.41) is 13.6. The van der Waals surface area contributed by atoms with Gasteiger partial charge in [0.15, 0.2) is 12.2 Å². The van der Waals surface area contributed by atoms with Crippen LogP contribution in [0.3, 0.4) is 0 Å². The van der Waals surface area contributed by atoms with E-state index in [2.05, 4.69) is 5.32 Å².